The van der Waals surface area contributed by atoms with Crippen LogP contribution in [0.15, 0.2) is 18.2 Å². The maximum Gasteiger partial charge on any atom is 0.329 e. The van der Waals surface area contributed by atoms with E-state index in [1.165, 1.54) is 19.1 Å². The molecule has 0 saturated heterocycles. The predicted octanol–water partition coefficient (Wildman–Crippen LogP) is 5.77. The molecule has 3 amide bonds. The van der Waals surface area contributed by atoms with Gasteiger partial charge in [-0.3, -0.25) is 19.3 Å². The third-order valence-corrected chi connectivity index (χ3v) is 7.05. The molecule has 1 aliphatic heterocycles. The van der Waals surface area contributed by atoms with Gasteiger partial charge in [-0.05, 0) is 19.1 Å². The molecular weight excluding hydrogens is 549 g/mol. The molecule has 0 bridgehead atoms. The summed E-state index contributed by atoms with van der Waals surface area (Å²) in [6.45, 7) is 0.523. The molecule has 2 aromatic rings. The van der Waals surface area contributed by atoms with E-state index in [-0.39, 0.29) is 47.0 Å². The first-order valence-corrected chi connectivity index (χ1v) is 10.9. The largest absolute Gasteiger partial charge is 0.454 e. The number of nitrogens with one attached hydrogen (secondary N) is 1. The standard InChI is InChI=1S/C19H10Cl6N2O5/c1-6(19(31)32-5-9(28)26-8-4-2-3-7(20)12(8)21)27-17(29)10-11(18(27)30)14(23)16(25)15(24)13(10)22/h2-4,6H,5H2,1H3,(H,26,28). The number of hydrogen-bond acceptors (Lipinski definition) is 5. The van der Waals surface area contributed by atoms with Gasteiger partial charge in [0.1, 0.15) is 6.04 Å². The van der Waals surface area contributed by atoms with Crippen LogP contribution < -0.4 is 5.32 Å². The number of fused-ring (bicyclic) bond motifs is 1. The molecule has 0 aliphatic carbocycles. The van der Waals surface area contributed by atoms with Crippen molar-refractivity contribution in [2.75, 3.05) is 11.9 Å². The van der Waals surface area contributed by atoms with Crippen LogP contribution in [0.2, 0.25) is 30.1 Å². The van der Waals surface area contributed by atoms with Crippen LogP contribution >= 0.6 is 69.6 Å². The van der Waals surface area contributed by atoms with Crippen molar-refractivity contribution in [1.82, 2.24) is 4.90 Å². The van der Waals surface area contributed by atoms with Crippen molar-refractivity contribution in [2.24, 2.45) is 0 Å². The minimum atomic E-state index is -1.41. The summed E-state index contributed by atoms with van der Waals surface area (Å²) in [7, 11) is 0. The molecular formula is C19H10Cl6N2O5. The second-order valence-corrected chi connectivity index (χ2v) is 8.72. The quantitative estimate of drug-likeness (QED) is 0.217. The fourth-order valence-corrected chi connectivity index (χ4v) is 4.23. The van der Waals surface area contributed by atoms with E-state index in [0.29, 0.717) is 4.90 Å². The van der Waals surface area contributed by atoms with Gasteiger partial charge in [0.15, 0.2) is 6.61 Å². The number of rotatable bonds is 5. The van der Waals surface area contributed by atoms with Gasteiger partial charge in [0.05, 0.1) is 47.0 Å². The summed E-state index contributed by atoms with van der Waals surface area (Å²) in [5.41, 5.74) is -0.334. The van der Waals surface area contributed by atoms with Crippen molar-refractivity contribution in [3.63, 3.8) is 0 Å². The number of imide groups is 1. The summed E-state index contributed by atoms with van der Waals surface area (Å²) < 4.78 is 4.93. The maximum atomic E-state index is 12.8. The normalized spacial score (nSPS) is 13.8. The third kappa shape index (κ3) is 4.38. The molecule has 32 heavy (non-hydrogen) atoms. The molecule has 3 rings (SSSR count). The van der Waals surface area contributed by atoms with Crippen LogP contribution in [0.3, 0.4) is 0 Å². The van der Waals surface area contributed by atoms with Gasteiger partial charge in [-0.15, -0.1) is 0 Å². The summed E-state index contributed by atoms with van der Waals surface area (Å²) in [6.07, 6.45) is 0. The minimum absolute atomic E-state index is 0.110. The SMILES string of the molecule is CC(C(=O)OCC(=O)Nc1cccc(Cl)c1Cl)N1C(=O)c2c(Cl)c(Cl)c(Cl)c(Cl)c2C1=O. The second-order valence-electron chi connectivity index (χ2n) is 6.42. The molecule has 0 fully saturated rings. The molecule has 168 valence electrons. The molecule has 1 unspecified atom stereocenters. The van der Waals surface area contributed by atoms with E-state index >= 15 is 0 Å². The van der Waals surface area contributed by atoms with E-state index in [2.05, 4.69) is 5.32 Å². The Morgan fingerprint density at radius 2 is 1.44 bits per heavy atom. The average Bonchev–Trinajstić information content (AvgIpc) is 3.01. The first kappa shape index (κ1) is 24.9. The van der Waals surface area contributed by atoms with Gasteiger partial charge in [0.25, 0.3) is 17.7 Å². The molecule has 13 heteroatoms. The second kappa shape index (κ2) is 9.63. The first-order valence-electron chi connectivity index (χ1n) is 8.61. The van der Waals surface area contributed by atoms with Crippen molar-refractivity contribution < 1.29 is 23.9 Å². The van der Waals surface area contributed by atoms with Gasteiger partial charge in [-0.25, -0.2) is 4.79 Å². The van der Waals surface area contributed by atoms with Gasteiger partial charge in [0.2, 0.25) is 0 Å². The summed E-state index contributed by atoms with van der Waals surface area (Å²) in [5, 5.41) is 1.82. The molecule has 0 aromatic heterocycles. The Kier molecular flexibility index (Phi) is 7.49. The number of amides is 3. The molecule has 0 saturated carbocycles. The molecule has 1 atom stereocenters. The van der Waals surface area contributed by atoms with Crippen LogP contribution in [0.4, 0.5) is 5.69 Å². The Hall–Kier alpha value is -1.74. The summed E-state index contributed by atoms with van der Waals surface area (Å²) >= 11 is 35.9. The van der Waals surface area contributed by atoms with Crippen LogP contribution in [-0.2, 0) is 14.3 Å². The van der Waals surface area contributed by atoms with Gasteiger partial charge in [-0.2, -0.15) is 0 Å². The van der Waals surface area contributed by atoms with Gasteiger partial charge in [0, 0.05) is 0 Å². The average molecular weight is 559 g/mol. The maximum absolute atomic E-state index is 12.8. The topological polar surface area (TPSA) is 92.8 Å². The van der Waals surface area contributed by atoms with Crippen molar-refractivity contribution in [1.29, 1.82) is 0 Å². The van der Waals surface area contributed by atoms with Crippen LogP contribution in [0.5, 0.6) is 0 Å². The number of anilines is 1. The number of carbonyl (C=O) groups excluding carboxylic acids is 4. The minimum Gasteiger partial charge on any atom is -0.454 e. The Morgan fingerprint density at radius 1 is 0.906 bits per heavy atom. The number of nitrogens with zero attached hydrogens (tertiary/aromatic N) is 1. The van der Waals surface area contributed by atoms with Crippen molar-refractivity contribution in [3.8, 4) is 0 Å². The highest BCUT2D eigenvalue weighted by atomic mass is 35.5. The lowest BCUT2D eigenvalue weighted by Crippen LogP contribution is -2.44. The van der Waals surface area contributed by atoms with Gasteiger partial charge in [-0.1, -0.05) is 75.7 Å². The molecule has 7 nitrogen and oxygen atoms in total. The summed E-state index contributed by atoms with van der Waals surface area (Å²) in [5.74, 6) is -3.57. The zero-order valence-corrected chi connectivity index (χ0v) is 20.3. The Bertz CT molecular complexity index is 1140. The van der Waals surface area contributed by atoms with E-state index in [4.69, 9.17) is 74.3 Å². The number of benzene rings is 2. The number of halogens is 6. The molecule has 1 heterocycles. The number of carbonyl (C=O) groups is 4. The lowest BCUT2D eigenvalue weighted by Gasteiger charge is -2.20. The summed E-state index contributed by atoms with van der Waals surface area (Å²) in [4.78, 5) is 50.7. The fraction of sp³-hybridized carbons (Fsp3) is 0.158. The predicted molar refractivity (Wildman–Crippen MR) is 122 cm³/mol. The van der Waals surface area contributed by atoms with E-state index in [0.717, 1.165) is 0 Å². The Balaban J connectivity index is 1.72. The highest BCUT2D eigenvalue weighted by Crippen LogP contribution is 2.45. The molecule has 1 aliphatic rings. The smallest absolute Gasteiger partial charge is 0.329 e. The fourth-order valence-electron chi connectivity index (χ4n) is 2.87. The van der Waals surface area contributed by atoms with Crippen LogP contribution in [0, 0.1) is 0 Å². The lowest BCUT2D eigenvalue weighted by molar-refractivity contribution is -0.150. The Labute approximate surface area is 211 Å². The van der Waals surface area contributed by atoms with Crippen LogP contribution in [-0.4, -0.2) is 41.2 Å². The molecule has 1 N–H and O–H groups in total. The van der Waals surface area contributed by atoms with Crippen molar-refractivity contribution in [2.45, 2.75) is 13.0 Å². The zero-order chi connectivity index (χ0) is 23.9. The monoisotopic (exact) mass is 556 g/mol. The third-order valence-electron chi connectivity index (χ3n) is 4.43. The van der Waals surface area contributed by atoms with E-state index < -0.39 is 36.3 Å². The van der Waals surface area contributed by atoms with Gasteiger partial charge < -0.3 is 10.1 Å². The molecule has 2 aromatic carbocycles. The van der Waals surface area contributed by atoms with Crippen molar-refractivity contribution in [3.05, 3.63) is 59.5 Å². The number of esters is 1. The van der Waals surface area contributed by atoms with E-state index in [9.17, 15) is 19.2 Å². The highest BCUT2D eigenvalue weighted by Gasteiger charge is 2.45. The van der Waals surface area contributed by atoms with E-state index in [1.54, 1.807) is 6.07 Å². The molecule has 0 spiro atoms. The lowest BCUT2D eigenvalue weighted by atomic mass is 10.1. The van der Waals surface area contributed by atoms with Crippen LogP contribution in [0.25, 0.3) is 0 Å². The first-order chi connectivity index (χ1) is 15.0. The zero-order valence-electron chi connectivity index (χ0n) is 15.8. The van der Waals surface area contributed by atoms with Crippen LogP contribution in [0.1, 0.15) is 27.6 Å². The highest BCUT2D eigenvalue weighted by molar-refractivity contribution is 6.55. The number of ether oxygens (including phenoxy) is 1. The Morgan fingerprint density at radius 3 is 1.97 bits per heavy atom. The number of hydrogen-bond donors (Lipinski definition) is 1. The summed E-state index contributed by atoms with van der Waals surface area (Å²) in [6, 6.07) is 3.19. The van der Waals surface area contributed by atoms with E-state index in [1.807, 2.05) is 0 Å². The van der Waals surface area contributed by atoms with Crippen molar-refractivity contribution >= 4 is 99.0 Å². The van der Waals surface area contributed by atoms with Gasteiger partial charge >= 0.3 is 5.97 Å². The molecule has 0 radical (unpaired) electrons.